The highest BCUT2D eigenvalue weighted by atomic mass is 19.1. The number of aliphatic carboxylic acids is 1. The lowest BCUT2D eigenvalue weighted by molar-refractivity contribution is -0.147. The molecule has 9 heteroatoms. The maximum absolute atomic E-state index is 13.4. The molecule has 0 aliphatic carbocycles. The smallest absolute Gasteiger partial charge is 0.321 e. The Kier molecular flexibility index (Phi) is 7.32. The molecule has 1 atom stereocenters. The van der Waals surface area contributed by atoms with E-state index in [1.165, 1.54) is 12.2 Å². The molecule has 5 rings (SSSR count). The number of aromatic amines is 1. The molecule has 7 nitrogen and oxygen atoms in total. The number of likely N-dealkylation sites (tertiary alicyclic amines) is 2. The molecular weight excluding hydrogens is 478 g/mol. The first kappa shape index (κ1) is 25.1. The maximum atomic E-state index is 13.4. The number of carbonyl (C=O) groups is 2. The molecule has 3 heterocycles. The quantitative estimate of drug-likeness (QED) is 0.481. The molecule has 1 aromatic heterocycles. The fraction of sp³-hybridized carbons (Fsp3) is 0.393. The number of H-pyrrole nitrogens is 1. The van der Waals surface area contributed by atoms with Gasteiger partial charge < -0.3 is 10.0 Å². The van der Waals surface area contributed by atoms with Crippen LogP contribution in [0.1, 0.15) is 42.9 Å². The van der Waals surface area contributed by atoms with Crippen LogP contribution in [-0.4, -0.2) is 69.2 Å². The van der Waals surface area contributed by atoms with Crippen LogP contribution in [0.3, 0.4) is 0 Å². The largest absolute Gasteiger partial charge is 0.480 e. The van der Waals surface area contributed by atoms with Crippen molar-refractivity contribution in [3.8, 4) is 0 Å². The van der Waals surface area contributed by atoms with Gasteiger partial charge in [0.1, 0.15) is 17.7 Å². The molecule has 2 aliphatic rings. The summed E-state index contributed by atoms with van der Waals surface area (Å²) in [5, 5.41) is 18.8. The molecule has 37 heavy (non-hydrogen) atoms. The number of aromatic nitrogens is 2. The predicted molar refractivity (Wildman–Crippen MR) is 136 cm³/mol. The lowest BCUT2D eigenvalue weighted by Crippen LogP contribution is -2.52. The van der Waals surface area contributed by atoms with Crippen molar-refractivity contribution in [2.75, 3.05) is 26.2 Å². The fourth-order valence-electron chi connectivity index (χ4n) is 5.79. The number of carboxylic acid groups (broad SMARTS) is 1. The minimum absolute atomic E-state index is 0.0487. The zero-order valence-electron chi connectivity index (χ0n) is 20.4. The number of nitrogens with one attached hydrogen (secondary N) is 1. The Morgan fingerprint density at radius 1 is 1.00 bits per heavy atom. The van der Waals surface area contributed by atoms with Crippen molar-refractivity contribution in [3.63, 3.8) is 0 Å². The van der Waals surface area contributed by atoms with Gasteiger partial charge in [0.25, 0.3) is 0 Å². The number of amides is 1. The van der Waals surface area contributed by atoms with Crippen molar-refractivity contribution in [3.05, 3.63) is 71.4 Å². The standard InChI is InChI=1S/C28H30F2N4O3/c29-21-15-18(16-22(30)17-21)5-6-25(35)33-11-9-20(10-12-33)27(28(36)37)34-13-7-19(8-14-34)26-23-3-1-2-4-24(23)31-32-26/h1-6,15-17,19-20,27H,7-14H2,(H,31,32)(H,36,37). The lowest BCUT2D eigenvalue weighted by atomic mass is 9.85. The van der Waals surface area contributed by atoms with Crippen molar-refractivity contribution in [2.45, 2.75) is 37.6 Å². The maximum Gasteiger partial charge on any atom is 0.321 e. The van der Waals surface area contributed by atoms with Gasteiger partial charge in [-0.25, -0.2) is 8.78 Å². The van der Waals surface area contributed by atoms with E-state index in [1.54, 1.807) is 4.90 Å². The Morgan fingerprint density at radius 2 is 1.68 bits per heavy atom. The van der Waals surface area contributed by atoms with E-state index in [9.17, 15) is 23.5 Å². The Balaban J connectivity index is 1.17. The Hall–Kier alpha value is -3.59. The molecular formula is C28H30F2N4O3. The third kappa shape index (κ3) is 5.56. The zero-order chi connectivity index (χ0) is 25.9. The zero-order valence-corrected chi connectivity index (χ0v) is 20.4. The van der Waals surface area contributed by atoms with Crippen LogP contribution < -0.4 is 0 Å². The van der Waals surface area contributed by atoms with E-state index >= 15 is 0 Å². The van der Waals surface area contributed by atoms with Gasteiger partial charge in [-0.15, -0.1) is 0 Å². The van der Waals surface area contributed by atoms with Crippen molar-refractivity contribution in [2.24, 2.45) is 5.92 Å². The molecule has 2 saturated heterocycles. The van der Waals surface area contributed by atoms with Crippen molar-refractivity contribution >= 4 is 28.9 Å². The van der Waals surface area contributed by atoms with E-state index in [0.29, 0.717) is 44.9 Å². The van der Waals surface area contributed by atoms with Crippen molar-refractivity contribution < 1.29 is 23.5 Å². The highest BCUT2D eigenvalue weighted by Crippen LogP contribution is 2.34. The van der Waals surface area contributed by atoms with Gasteiger partial charge in [0.2, 0.25) is 5.91 Å². The number of carbonyl (C=O) groups excluding carboxylic acids is 1. The molecule has 1 amide bonds. The van der Waals surface area contributed by atoms with E-state index in [1.807, 2.05) is 18.2 Å². The van der Waals surface area contributed by atoms with Gasteiger partial charge in [-0.2, -0.15) is 5.10 Å². The van der Waals surface area contributed by atoms with Gasteiger partial charge in [-0.3, -0.25) is 19.6 Å². The van der Waals surface area contributed by atoms with Crippen molar-refractivity contribution in [1.29, 1.82) is 0 Å². The van der Waals surface area contributed by atoms with Crippen LogP contribution in [0.25, 0.3) is 17.0 Å². The minimum Gasteiger partial charge on any atom is -0.480 e. The number of fused-ring (bicyclic) bond motifs is 1. The summed E-state index contributed by atoms with van der Waals surface area (Å²) in [7, 11) is 0. The number of piperidine rings is 2. The average molecular weight is 509 g/mol. The molecule has 194 valence electrons. The molecule has 0 bridgehead atoms. The number of nitrogens with zero attached hydrogens (tertiary/aromatic N) is 3. The van der Waals surface area contributed by atoms with Crippen LogP contribution >= 0.6 is 0 Å². The summed E-state index contributed by atoms with van der Waals surface area (Å²) in [6.45, 7) is 2.29. The second kappa shape index (κ2) is 10.8. The molecule has 1 unspecified atom stereocenters. The Bertz CT molecular complexity index is 1290. The second-order valence-corrected chi connectivity index (χ2v) is 9.95. The molecule has 3 aromatic rings. The van der Waals surface area contributed by atoms with Gasteiger partial charge in [0.15, 0.2) is 0 Å². The molecule has 0 radical (unpaired) electrons. The first-order valence-corrected chi connectivity index (χ1v) is 12.7. The number of hydrogen-bond donors (Lipinski definition) is 2. The molecule has 0 saturated carbocycles. The summed E-state index contributed by atoms with van der Waals surface area (Å²) < 4.78 is 26.7. The fourth-order valence-corrected chi connectivity index (χ4v) is 5.79. The van der Waals surface area contributed by atoms with Gasteiger partial charge in [0, 0.05) is 42.2 Å². The number of rotatable bonds is 6. The summed E-state index contributed by atoms with van der Waals surface area (Å²) in [6, 6.07) is 10.6. The highest BCUT2D eigenvalue weighted by molar-refractivity contribution is 5.91. The van der Waals surface area contributed by atoms with E-state index in [0.717, 1.165) is 47.6 Å². The van der Waals surface area contributed by atoms with Crippen LogP contribution in [0, 0.1) is 17.6 Å². The van der Waals surface area contributed by atoms with E-state index in [4.69, 9.17) is 0 Å². The van der Waals surface area contributed by atoms with Gasteiger partial charge >= 0.3 is 5.97 Å². The SMILES string of the molecule is O=C(O)C(C1CCN(C(=O)C=Cc2cc(F)cc(F)c2)CC1)N1CCC(c2[nH]nc3ccccc23)CC1. The summed E-state index contributed by atoms with van der Waals surface area (Å²) in [5.41, 5.74) is 2.35. The molecule has 0 spiro atoms. The van der Waals surface area contributed by atoms with Crippen molar-refractivity contribution in [1.82, 2.24) is 20.0 Å². The lowest BCUT2D eigenvalue weighted by Gasteiger charge is -2.41. The molecule has 2 aliphatic heterocycles. The number of halogens is 2. The van der Waals surface area contributed by atoms with E-state index < -0.39 is 23.6 Å². The summed E-state index contributed by atoms with van der Waals surface area (Å²) in [6.07, 6.45) is 5.62. The molecule has 2 aromatic carbocycles. The second-order valence-electron chi connectivity index (χ2n) is 9.95. The number of para-hydroxylation sites is 1. The third-order valence-corrected chi connectivity index (χ3v) is 7.68. The van der Waals surface area contributed by atoms with Crippen LogP contribution in [-0.2, 0) is 9.59 Å². The molecule has 2 N–H and O–H groups in total. The van der Waals surface area contributed by atoms with Gasteiger partial charge in [-0.1, -0.05) is 18.2 Å². The summed E-state index contributed by atoms with van der Waals surface area (Å²) >= 11 is 0. The van der Waals surface area contributed by atoms with Crippen LogP contribution in [0.5, 0.6) is 0 Å². The normalized spacial score (nSPS) is 19.0. The summed E-state index contributed by atoms with van der Waals surface area (Å²) in [4.78, 5) is 28.7. The number of benzene rings is 2. The Labute approximate surface area is 213 Å². The van der Waals surface area contributed by atoms with Gasteiger partial charge in [-0.05, 0) is 74.5 Å². The van der Waals surface area contributed by atoms with E-state index in [-0.39, 0.29) is 17.4 Å². The van der Waals surface area contributed by atoms with E-state index in [2.05, 4.69) is 21.2 Å². The topological polar surface area (TPSA) is 89.5 Å². The Morgan fingerprint density at radius 3 is 2.35 bits per heavy atom. The molecule has 2 fully saturated rings. The first-order chi connectivity index (χ1) is 17.9. The van der Waals surface area contributed by atoms with Crippen LogP contribution in [0.4, 0.5) is 8.78 Å². The minimum atomic E-state index is -0.816. The van der Waals surface area contributed by atoms with Crippen LogP contribution in [0.15, 0.2) is 48.5 Å². The highest BCUT2D eigenvalue weighted by Gasteiger charge is 2.38. The number of hydrogen-bond acceptors (Lipinski definition) is 4. The monoisotopic (exact) mass is 508 g/mol. The third-order valence-electron chi connectivity index (χ3n) is 7.68. The first-order valence-electron chi connectivity index (χ1n) is 12.7. The predicted octanol–water partition coefficient (Wildman–Crippen LogP) is 4.43. The average Bonchev–Trinajstić information content (AvgIpc) is 3.32. The number of carboxylic acids is 1. The summed E-state index contributed by atoms with van der Waals surface area (Å²) in [5.74, 6) is -2.20. The van der Waals surface area contributed by atoms with Crippen LogP contribution in [0.2, 0.25) is 0 Å². The van der Waals surface area contributed by atoms with Gasteiger partial charge in [0.05, 0.1) is 5.52 Å².